The fourth-order valence-electron chi connectivity index (χ4n) is 3.22. The van der Waals surface area contributed by atoms with Crippen molar-refractivity contribution in [2.45, 2.75) is 25.0 Å². The van der Waals surface area contributed by atoms with Gasteiger partial charge in [0.2, 0.25) is 5.91 Å². The number of nitrogens with one attached hydrogen (secondary N) is 2. The molecule has 2 aromatic carbocycles. The fraction of sp³-hybridized carbons (Fsp3) is 0.320. The first-order chi connectivity index (χ1) is 18.3. The molecule has 0 unspecified atom stereocenters. The maximum Gasteiger partial charge on any atom is 0.339 e. The van der Waals surface area contributed by atoms with Gasteiger partial charge in [-0.25, -0.2) is 4.79 Å². The molecule has 0 spiro atoms. The average molecular weight is 562 g/mol. The third kappa shape index (κ3) is 7.39. The van der Waals surface area contributed by atoms with Crippen molar-refractivity contribution in [3.8, 4) is 11.5 Å². The Kier molecular flexibility index (Phi) is 10.4. The summed E-state index contributed by atoms with van der Waals surface area (Å²) in [5.41, 5.74) is 0.999. The van der Waals surface area contributed by atoms with Gasteiger partial charge in [0.15, 0.2) is 22.5 Å². The highest BCUT2D eigenvalue weighted by Gasteiger charge is 2.16. The van der Waals surface area contributed by atoms with Gasteiger partial charge in [-0.3, -0.25) is 9.59 Å². The van der Waals surface area contributed by atoms with Crippen LogP contribution in [0.4, 0.5) is 5.69 Å². The lowest BCUT2D eigenvalue weighted by molar-refractivity contribution is -0.113. The number of aromatic nitrogens is 3. The molecule has 3 rings (SSSR count). The van der Waals surface area contributed by atoms with Gasteiger partial charge in [-0.15, -0.1) is 10.2 Å². The molecule has 0 aliphatic rings. The number of amides is 2. The van der Waals surface area contributed by atoms with E-state index in [4.69, 9.17) is 25.8 Å². The van der Waals surface area contributed by atoms with Crippen molar-refractivity contribution in [3.63, 3.8) is 0 Å². The number of ether oxygens (including phenoxy) is 3. The molecule has 0 saturated heterocycles. The molecule has 0 aliphatic carbocycles. The maximum atomic E-state index is 12.6. The van der Waals surface area contributed by atoms with Gasteiger partial charge in [-0.1, -0.05) is 30.3 Å². The van der Waals surface area contributed by atoms with Crippen LogP contribution >= 0.6 is 23.4 Å². The summed E-state index contributed by atoms with van der Waals surface area (Å²) < 4.78 is 17.2. The van der Waals surface area contributed by atoms with Crippen molar-refractivity contribution < 1.29 is 28.6 Å². The SMILES string of the molecule is CCCOC(=O)c1cc(NC(=O)CSc2nnc(CNC(=O)c3ccc(OC)c(OC)c3)n2C)ccc1Cl. The molecule has 3 aromatic rings. The molecular formula is C25H28ClN5O6S. The van der Waals surface area contributed by atoms with E-state index >= 15 is 0 Å². The predicted octanol–water partition coefficient (Wildman–Crippen LogP) is 3.71. The van der Waals surface area contributed by atoms with Crippen LogP contribution in [0.5, 0.6) is 11.5 Å². The van der Waals surface area contributed by atoms with Crippen molar-refractivity contribution in [2.75, 3.05) is 31.9 Å². The largest absolute Gasteiger partial charge is 0.493 e. The summed E-state index contributed by atoms with van der Waals surface area (Å²) in [5.74, 6) is 0.347. The Bertz CT molecular complexity index is 1320. The van der Waals surface area contributed by atoms with Crippen LogP contribution in [0.1, 0.15) is 39.9 Å². The second-order valence-electron chi connectivity index (χ2n) is 7.88. The number of carbonyl (C=O) groups excluding carboxylic acids is 3. The molecule has 0 atom stereocenters. The number of methoxy groups -OCH3 is 2. The number of benzene rings is 2. The van der Waals surface area contributed by atoms with Gasteiger partial charge >= 0.3 is 5.97 Å². The Morgan fingerprint density at radius 3 is 2.53 bits per heavy atom. The molecule has 38 heavy (non-hydrogen) atoms. The Labute approximate surface area is 229 Å². The van der Waals surface area contributed by atoms with E-state index in [0.717, 1.165) is 0 Å². The van der Waals surface area contributed by atoms with Gasteiger partial charge < -0.3 is 29.4 Å². The topological polar surface area (TPSA) is 134 Å². The average Bonchev–Trinajstić information content (AvgIpc) is 3.28. The predicted molar refractivity (Wildman–Crippen MR) is 143 cm³/mol. The number of hydrogen-bond donors (Lipinski definition) is 2. The minimum atomic E-state index is -0.549. The molecule has 13 heteroatoms. The number of halogens is 1. The van der Waals surface area contributed by atoms with Crippen LogP contribution in [0.15, 0.2) is 41.6 Å². The quantitative estimate of drug-likeness (QED) is 0.251. The molecule has 0 saturated carbocycles. The van der Waals surface area contributed by atoms with Crippen LogP contribution < -0.4 is 20.1 Å². The summed E-state index contributed by atoms with van der Waals surface area (Å²) in [4.78, 5) is 37.2. The van der Waals surface area contributed by atoms with E-state index in [-0.39, 0.29) is 41.3 Å². The van der Waals surface area contributed by atoms with Gasteiger partial charge in [-0.2, -0.15) is 0 Å². The van der Waals surface area contributed by atoms with Gasteiger partial charge in [-0.05, 0) is 42.8 Å². The summed E-state index contributed by atoms with van der Waals surface area (Å²) in [7, 11) is 4.76. The lowest BCUT2D eigenvalue weighted by Gasteiger charge is -2.10. The third-order valence-electron chi connectivity index (χ3n) is 5.22. The van der Waals surface area contributed by atoms with E-state index in [0.29, 0.717) is 40.2 Å². The number of hydrogen-bond acceptors (Lipinski definition) is 9. The van der Waals surface area contributed by atoms with Gasteiger partial charge in [0.25, 0.3) is 5.91 Å². The second-order valence-corrected chi connectivity index (χ2v) is 9.23. The zero-order valence-electron chi connectivity index (χ0n) is 21.4. The van der Waals surface area contributed by atoms with Crippen LogP contribution in [0, 0.1) is 0 Å². The van der Waals surface area contributed by atoms with E-state index in [1.54, 1.807) is 35.9 Å². The van der Waals surface area contributed by atoms with Crippen molar-refractivity contribution in [1.29, 1.82) is 0 Å². The normalized spacial score (nSPS) is 10.6. The molecule has 2 N–H and O–H groups in total. The fourth-order valence-corrected chi connectivity index (χ4v) is 4.15. The van der Waals surface area contributed by atoms with E-state index in [1.165, 1.54) is 38.1 Å². The molecule has 1 aromatic heterocycles. The van der Waals surface area contributed by atoms with Crippen molar-refractivity contribution in [2.24, 2.45) is 7.05 Å². The Morgan fingerprint density at radius 1 is 1.05 bits per heavy atom. The standard InChI is InChI=1S/C25H28ClN5O6S/c1-5-10-37-24(34)17-12-16(7-8-18(17)26)28-22(32)14-38-25-30-29-21(31(25)2)13-27-23(33)15-6-9-19(35-3)20(11-15)36-4/h6-9,11-12H,5,10,13-14H2,1-4H3,(H,27,33)(H,28,32). The number of anilines is 1. The first-order valence-corrected chi connectivity index (χ1v) is 12.9. The summed E-state index contributed by atoms with van der Waals surface area (Å²) in [5, 5.41) is 14.5. The first-order valence-electron chi connectivity index (χ1n) is 11.5. The third-order valence-corrected chi connectivity index (χ3v) is 6.57. The lowest BCUT2D eigenvalue weighted by Crippen LogP contribution is -2.24. The summed E-state index contributed by atoms with van der Waals surface area (Å²) >= 11 is 7.28. The second kappa shape index (κ2) is 13.7. The van der Waals surface area contributed by atoms with Gasteiger partial charge in [0, 0.05) is 18.3 Å². The Balaban J connectivity index is 1.54. The molecule has 202 valence electrons. The van der Waals surface area contributed by atoms with Crippen LogP contribution in [0.25, 0.3) is 0 Å². The minimum Gasteiger partial charge on any atom is -0.493 e. The number of thioether (sulfide) groups is 1. The summed E-state index contributed by atoms with van der Waals surface area (Å²) in [6.07, 6.45) is 0.686. The first kappa shape index (κ1) is 28.8. The van der Waals surface area contributed by atoms with Gasteiger partial charge in [0.05, 0.1) is 43.7 Å². The minimum absolute atomic E-state index is 0.0439. The van der Waals surface area contributed by atoms with Crippen LogP contribution in [-0.2, 0) is 23.1 Å². The van der Waals surface area contributed by atoms with Crippen LogP contribution in [-0.4, -0.2) is 59.1 Å². The van der Waals surface area contributed by atoms with E-state index in [9.17, 15) is 14.4 Å². The zero-order chi connectivity index (χ0) is 27.7. The van der Waals surface area contributed by atoms with Crippen LogP contribution in [0.3, 0.4) is 0 Å². The van der Waals surface area contributed by atoms with Gasteiger partial charge in [0.1, 0.15) is 0 Å². The molecule has 1 heterocycles. The monoisotopic (exact) mass is 561 g/mol. The van der Waals surface area contributed by atoms with E-state index in [1.807, 2.05) is 6.92 Å². The number of rotatable bonds is 12. The maximum absolute atomic E-state index is 12.6. The highest BCUT2D eigenvalue weighted by molar-refractivity contribution is 7.99. The molecule has 0 aliphatic heterocycles. The Hall–Kier alpha value is -3.77. The van der Waals surface area contributed by atoms with E-state index < -0.39 is 5.97 Å². The summed E-state index contributed by atoms with van der Waals surface area (Å²) in [6.45, 7) is 2.30. The molecule has 0 bridgehead atoms. The molecule has 11 nitrogen and oxygen atoms in total. The molecule has 2 amide bonds. The lowest BCUT2D eigenvalue weighted by atomic mass is 10.2. The highest BCUT2D eigenvalue weighted by atomic mass is 35.5. The Morgan fingerprint density at radius 2 is 1.82 bits per heavy atom. The smallest absolute Gasteiger partial charge is 0.339 e. The molecular weight excluding hydrogens is 534 g/mol. The van der Waals surface area contributed by atoms with Crippen LogP contribution in [0.2, 0.25) is 5.02 Å². The molecule has 0 radical (unpaired) electrons. The molecule has 0 fully saturated rings. The number of nitrogens with zero attached hydrogens (tertiary/aromatic N) is 3. The highest BCUT2D eigenvalue weighted by Crippen LogP contribution is 2.27. The van der Waals surface area contributed by atoms with Crippen molar-refractivity contribution in [3.05, 3.63) is 58.4 Å². The zero-order valence-corrected chi connectivity index (χ0v) is 22.9. The summed E-state index contributed by atoms with van der Waals surface area (Å²) in [6, 6.07) is 9.47. The number of esters is 1. The van der Waals surface area contributed by atoms with E-state index in [2.05, 4.69) is 20.8 Å². The van der Waals surface area contributed by atoms with Crippen molar-refractivity contribution in [1.82, 2.24) is 20.1 Å². The number of carbonyl (C=O) groups is 3. The van der Waals surface area contributed by atoms with Crippen molar-refractivity contribution >= 4 is 46.8 Å².